The lowest BCUT2D eigenvalue weighted by Gasteiger charge is -2.01. The molecular weight excluding hydrogens is 198 g/mol. The van der Waals surface area contributed by atoms with Gasteiger partial charge in [0.05, 0.1) is 5.69 Å². The van der Waals surface area contributed by atoms with Crippen molar-refractivity contribution in [1.82, 2.24) is 4.98 Å². The van der Waals surface area contributed by atoms with Crippen LogP contribution in [0.1, 0.15) is 11.1 Å². The molecule has 0 amide bonds. The molecule has 0 radical (unpaired) electrons. The summed E-state index contributed by atoms with van der Waals surface area (Å²) in [6.45, 7) is 1.98. The standard InChI is InChI=1S/C13H13N3/c1-10-7-11(9-15-8-10)13(14)16-12-5-3-2-4-6-12/h2-9H,1H3,(H2,14,16). The lowest BCUT2D eigenvalue weighted by Crippen LogP contribution is -2.13. The van der Waals surface area contributed by atoms with Crippen molar-refractivity contribution in [3.05, 3.63) is 59.9 Å². The molecule has 0 fully saturated rings. The van der Waals surface area contributed by atoms with Crippen LogP contribution in [0, 0.1) is 6.92 Å². The summed E-state index contributed by atoms with van der Waals surface area (Å²) < 4.78 is 0. The van der Waals surface area contributed by atoms with Gasteiger partial charge in [-0.15, -0.1) is 0 Å². The van der Waals surface area contributed by atoms with Crippen LogP contribution >= 0.6 is 0 Å². The number of amidine groups is 1. The number of aromatic nitrogens is 1. The van der Waals surface area contributed by atoms with Crippen molar-refractivity contribution < 1.29 is 0 Å². The number of aliphatic imine (C=N–C) groups is 1. The third kappa shape index (κ3) is 2.45. The maximum Gasteiger partial charge on any atom is 0.132 e. The van der Waals surface area contributed by atoms with Crippen molar-refractivity contribution in [3.63, 3.8) is 0 Å². The smallest absolute Gasteiger partial charge is 0.132 e. The molecule has 80 valence electrons. The number of nitrogens with zero attached hydrogens (tertiary/aromatic N) is 2. The highest BCUT2D eigenvalue weighted by Crippen LogP contribution is 2.11. The molecule has 0 aliphatic heterocycles. The highest BCUT2D eigenvalue weighted by Gasteiger charge is 1.99. The monoisotopic (exact) mass is 211 g/mol. The van der Waals surface area contributed by atoms with Crippen LogP contribution in [0.5, 0.6) is 0 Å². The van der Waals surface area contributed by atoms with Crippen molar-refractivity contribution >= 4 is 11.5 Å². The zero-order valence-corrected chi connectivity index (χ0v) is 9.09. The van der Waals surface area contributed by atoms with E-state index < -0.39 is 0 Å². The molecule has 0 aliphatic rings. The van der Waals surface area contributed by atoms with E-state index in [0.29, 0.717) is 5.84 Å². The quantitative estimate of drug-likeness (QED) is 0.612. The number of para-hydroxylation sites is 1. The average Bonchev–Trinajstić information content (AvgIpc) is 2.30. The molecule has 16 heavy (non-hydrogen) atoms. The average molecular weight is 211 g/mol. The third-order valence-corrected chi connectivity index (χ3v) is 2.18. The zero-order chi connectivity index (χ0) is 11.4. The maximum absolute atomic E-state index is 5.91. The summed E-state index contributed by atoms with van der Waals surface area (Å²) in [6, 6.07) is 11.6. The van der Waals surface area contributed by atoms with E-state index in [0.717, 1.165) is 16.8 Å². The Bertz CT molecular complexity index is 504. The van der Waals surface area contributed by atoms with E-state index in [1.54, 1.807) is 12.4 Å². The van der Waals surface area contributed by atoms with E-state index in [1.165, 1.54) is 0 Å². The van der Waals surface area contributed by atoms with Gasteiger partial charge in [-0.25, -0.2) is 4.99 Å². The minimum Gasteiger partial charge on any atom is -0.383 e. The fourth-order valence-corrected chi connectivity index (χ4v) is 1.40. The van der Waals surface area contributed by atoms with Crippen LogP contribution < -0.4 is 5.73 Å². The Labute approximate surface area is 94.7 Å². The van der Waals surface area contributed by atoms with Crippen molar-refractivity contribution in [2.24, 2.45) is 10.7 Å². The third-order valence-electron chi connectivity index (χ3n) is 2.18. The predicted octanol–water partition coefficient (Wildman–Crippen LogP) is 2.43. The summed E-state index contributed by atoms with van der Waals surface area (Å²) in [7, 11) is 0. The molecule has 0 spiro atoms. The van der Waals surface area contributed by atoms with Crippen LogP contribution in [-0.2, 0) is 0 Å². The molecule has 0 saturated carbocycles. The molecule has 2 N–H and O–H groups in total. The molecule has 1 heterocycles. The van der Waals surface area contributed by atoms with E-state index >= 15 is 0 Å². The lowest BCUT2D eigenvalue weighted by atomic mass is 10.2. The summed E-state index contributed by atoms with van der Waals surface area (Å²) in [5.74, 6) is 0.488. The Morgan fingerprint density at radius 1 is 1.19 bits per heavy atom. The normalized spacial score (nSPS) is 11.4. The second-order valence-electron chi connectivity index (χ2n) is 3.58. The second kappa shape index (κ2) is 4.57. The van der Waals surface area contributed by atoms with Crippen LogP contribution in [0.2, 0.25) is 0 Å². The number of nitrogens with two attached hydrogens (primary N) is 1. The van der Waals surface area contributed by atoms with Gasteiger partial charge in [0, 0.05) is 18.0 Å². The summed E-state index contributed by atoms with van der Waals surface area (Å²) in [4.78, 5) is 8.41. The Kier molecular flexibility index (Phi) is 2.96. The summed E-state index contributed by atoms with van der Waals surface area (Å²) >= 11 is 0. The van der Waals surface area contributed by atoms with Crippen LogP contribution in [0.3, 0.4) is 0 Å². The minimum absolute atomic E-state index is 0.488. The first-order valence-corrected chi connectivity index (χ1v) is 5.07. The second-order valence-corrected chi connectivity index (χ2v) is 3.58. The Morgan fingerprint density at radius 2 is 1.94 bits per heavy atom. The van der Waals surface area contributed by atoms with Crippen molar-refractivity contribution in [3.8, 4) is 0 Å². The van der Waals surface area contributed by atoms with Crippen molar-refractivity contribution in [2.75, 3.05) is 0 Å². The molecular formula is C13H13N3. The maximum atomic E-state index is 5.91. The van der Waals surface area contributed by atoms with Crippen LogP contribution in [0.25, 0.3) is 0 Å². The molecule has 3 heteroatoms. The number of hydrogen-bond donors (Lipinski definition) is 1. The van der Waals surface area contributed by atoms with Crippen LogP contribution in [0.4, 0.5) is 5.69 Å². The molecule has 1 aromatic heterocycles. The van der Waals surface area contributed by atoms with Crippen molar-refractivity contribution in [1.29, 1.82) is 0 Å². The van der Waals surface area contributed by atoms with Gasteiger partial charge < -0.3 is 5.73 Å². The highest BCUT2D eigenvalue weighted by molar-refractivity contribution is 5.98. The fourth-order valence-electron chi connectivity index (χ4n) is 1.40. The summed E-state index contributed by atoms with van der Waals surface area (Å²) in [5.41, 5.74) is 8.68. The molecule has 2 rings (SSSR count). The Balaban J connectivity index is 2.32. The SMILES string of the molecule is Cc1cncc(C(N)=Nc2ccccc2)c1. The van der Waals surface area contributed by atoms with Gasteiger partial charge in [0.25, 0.3) is 0 Å². The van der Waals surface area contributed by atoms with Crippen molar-refractivity contribution in [2.45, 2.75) is 6.92 Å². The highest BCUT2D eigenvalue weighted by atomic mass is 14.9. The van der Waals surface area contributed by atoms with E-state index in [2.05, 4.69) is 9.98 Å². The Morgan fingerprint density at radius 3 is 2.62 bits per heavy atom. The van der Waals surface area contributed by atoms with Gasteiger partial charge in [0.15, 0.2) is 0 Å². The zero-order valence-electron chi connectivity index (χ0n) is 9.09. The molecule has 0 saturated heterocycles. The van der Waals surface area contributed by atoms with Gasteiger partial charge in [0.2, 0.25) is 0 Å². The van der Waals surface area contributed by atoms with Gasteiger partial charge in [-0.1, -0.05) is 18.2 Å². The first kappa shape index (κ1) is 10.4. The molecule has 0 aliphatic carbocycles. The van der Waals surface area contributed by atoms with E-state index in [9.17, 15) is 0 Å². The topological polar surface area (TPSA) is 51.3 Å². The minimum atomic E-state index is 0.488. The first-order valence-electron chi connectivity index (χ1n) is 5.07. The number of hydrogen-bond acceptors (Lipinski definition) is 2. The number of aryl methyl sites for hydroxylation is 1. The molecule has 0 unspecified atom stereocenters. The Hall–Kier alpha value is -2.16. The van der Waals surface area contributed by atoms with Gasteiger partial charge >= 0.3 is 0 Å². The molecule has 0 bridgehead atoms. The van der Waals surface area contributed by atoms with E-state index in [-0.39, 0.29) is 0 Å². The van der Waals surface area contributed by atoms with Gasteiger partial charge in [-0.2, -0.15) is 0 Å². The van der Waals surface area contributed by atoms with Gasteiger partial charge in [-0.05, 0) is 30.7 Å². The summed E-state index contributed by atoms with van der Waals surface area (Å²) in [5, 5.41) is 0. The number of benzene rings is 1. The van der Waals surface area contributed by atoms with Gasteiger partial charge in [0.1, 0.15) is 5.84 Å². The number of rotatable bonds is 2. The fraction of sp³-hybridized carbons (Fsp3) is 0.0769. The number of pyridine rings is 1. The van der Waals surface area contributed by atoms with Crippen LogP contribution in [-0.4, -0.2) is 10.8 Å². The van der Waals surface area contributed by atoms with Gasteiger partial charge in [-0.3, -0.25) is 4.98 Å². The summed E-state index contributed by atoms with van der Waals surface area (Å²) in [6.07, 6.45) is 3.51. The van der Waals surface area contributed by atoms with E-state index in [4.69, 9.17) is 5.73 Å². The van der Waals surface area contributed by atoms with E-state index in [1.807, 2.05) is 43.3 Å². The first-order chi connectivity index (χ1) is 7.75. The largest absolute Gasteiger partial charge is 0.383 e. The molecule has 2 aromatic rings. The molecule has 3 nitrogen and oxygen atoms in total. The molecule has 0 atom stereocenters. The van der Waals surface area contributed by atoms with Crippen LogP contribution in [0.15, 0.2) is 53.8 Å². The lowest BCUT2D eigenvalue weighted by molar-refractivity contribution is 1.25. The molecule has 1 aromatic carbocycles. The predicted molar refractivity (Wildman–Crippen MR) is 65.8 cm³/mol.